The summed E-state index contributed by atoms with van der Waals surface area (Å²) in [5.74, 6) is 0. The first-order valence-electron chi connectivity index (χ1n) is 13.7. The van der Waals surface area contributed by atoms with Gasteiger partial charge in [0.15, 0.2) is 12.4 Å². The summed E-state index contributed by atoms with van der Waals surface area (Å²) in [6, 6.07) is 19.0. The number of oxime groups is 1. The number of aldehydes is 1. The second-order valence-electron chi connectivity index (χ2n) is 11.6. The molecule has 6 nitrogen and oxygen atoms in total. The van der Waals surface area contributed by atoms with Crippen molar-refractivity contribution in [3.63, 3.8) is 0 Å². The molecule has 0 saturated carbocycles. The molecular formula is C33H31F3N2O4S. The summed E-state index contributed by atoms with van der Waals surface area (Å²) in [6.07, 6.45) is -2.71. The van der Waals surface area contributed by atoms with E-state index in [4.69, 9.17) is 4.84 Å². The topological polar surface area (TPSA) is 77.7 Å². The minimum atomic E-state index is -4.59. The van der Waals surface area contributed by atoms with Crippen molar-refractivity contribution in [2.24, 2.45) is 5.16 Å². The van der Waals surface area contributed by atoms with Gasteiger partial charge in [-0.05, 0) is 51.9 Å². The maximum Gasteiger partial charge on any atom is 0.416 e. The number of carbonyl (C=O) groups is 1. The van der Waals surface area contributed by atoms with Crippen LogP contribution in [0.2, 0.25) is 0 Å². The van der Waals surface area contributed by atoms with Crippen LogP contribution in [0.25, 0.3) is 10.9 Å². The smallest absolute Gasteiger partial charge is 0.384 e. The molecule has 5 rings (SSSR count). The lowest BCUT2D eigenvalue weighted by Gasteiger charge is -2.23. The molecule has 10 heteroatoms. The molecule has 2 unspecified atom stereocenters. The van der Waals surface area contributed by atoms with Crippen LogP contribution >= 0.6 is 0 Å². The number of hydrogen-bond acceptors (Lipinski definition) is 5. The third-order valence-corrected chi connectivity index (χ3v) is 9.59. The van der Waals surface area contributed by atoms with E-state index in [-0.39, 0.29) is 22.7 Å². The molecule has 4 aromatic rings. The fourth-order valence-corrected chi connectivity index (χ4v) is 7.08. The first-order chi connectivity index (χ1) is 20.2. The molecule has 0 fully saturated rings. The summed E-state index contributed by atoms with van der Waals surface area (Å²) < 4.78 is 70.7. The number of alkyl halides is 3. The Morgan fingerprint density at radius 3 is 2.35 bits per heavy atom. The van der Waals surface area contributed by atoms with Gasteiger partial charge in [0.2, 0.25) is 10.0 Å². The number of rotatable bonds is 8. The standard InChI is InChI=1S/C33H31F3N2O4S/c1-5-31(23-7-6-8-25(16-23)32(2,3)4)43(40,41)38-27(18-24-17-26(33(34,35)36)13-14-30(24)38)15-21-9-11-22(12-10-21)29-19-28(20-39)42-37-29/h5-14,16-18,20,28,31H,1,15,19H2,2-4H3. The molecule has 0 radical (unpaired) electrons. The third-order valence-electron chi connectivity index (χ3n) is 7.54. The molecule has 0 saturated heterocycles. The van der Waals surface area contributed by atoms with Crippen LogP contribution in [0.15, 0.2) is 90.6 Å². The van der Waals surface area contributed by atoms with Gasteiger partial charge in [-0.15, -0.1) is 6.58 Å². The van der Waals surface area contributed by atoms with Crippen molar-refractivity contribution < 1.29 is 31.2 Å². The number of aromatic nitrogens is 1. The van der Waals surface area contributed by atoms with Gasteiger partial charge in [-0.25, -0.2) is 12.4 Å². The van der Waals surface area contributed by atoms with Crippen molar-refractivity contribution in [2.75, 3.05) is 0 Å². The van der Waals surface area contributed by atoms with Gasteiger partial charge in [0.1, 0.15) is 5.25 Å². The number of carbonyl (C=O) groups excluding carboxylic acids is 1. The third kappa shape index (κ3) is 6.01. The van der Waals surface area contributed by atoms with E-state index in [1.165, 1.54) is 18.2 Å². The quantitative estimate of drug-likeness (QED) is 0.155. The lowest BCUT2D eigenvalue weighted by atomic mass is 9.86. The molecule has 0 spiro atoms. The number of fused-ring (bicyclic) bond motifs is 1. The van der Waals surface area contributed by atoms with E-state index in [9.17, 15) is 26.4 Å². The van der Waals surface area contributed by atoms with E-state index in [0.717, 1.165) is 32.8 Å². The number of halogens is 3. The zero-order valence-electron chi connectivity index (χ0n) is 23.9. The average Bonchev–Trinajstić information content (AvgIpc) is 3.57. The van der Waals surface area contributed by atoms with Crippen molar-refractivity contribution >= 4 is 32.9 Å². The summed E-state index contributed by atoms with van der Waals surface area (Å²) >= 11 is 0. The van der Waals surface area contributed by atoms with Crippen molar-refractivity contribution in [1.82, 2.24) is 3.97 Å². The van der Waals surface area contributed by atoms with Crippen molar-refractivity contribution in [1.29, 1.82) is 0 Å². The van der Waals surface area contributed by atoms with Gasteiger partial charge in [-0.1, -0.05) is 80.5 Å². The van der Waals surface area contributed by atoms with Gasteiger partial charge in [-0.2, -0.15) is 13.2 Å². The number of nitrogens with zero attached hydrogens (tertiary/aromatic N) is 2. The molecule has 1 aliphatic heterocycles. The summed E-state index contributed by atoms with van der Waals surface area (Å²) in [5, 5.41) is 2.96. The Labute approximate surface area is 248 Å². The van der Waals surface area contributed by atoms with Crippen LogP contribution in [0.5, 0.6) is 0 Å². The van der Waals surface area contributed by atoms with E-state index in [2.05, 4.69) is 11.7 Å². The minimum absolute atomic E-state index is 0.126. The molecule has 2 heterocycles. The normalized spacial score (nSPS) is 16.5. The highest BCUT2D eigenvalue weighted by Crippen LogP contribution is 2.37. The zero-order valence-corrected chi connectivity index (χ0v) is 24.7. The molecule has 224 valence electrons. The highest BCUT2D eigenvalue weighted by molar-refractivity contribution is 7.90. The van der Waals surface area contributed by atoms with E-state index in [1.807, 2.05) is 32.9 Å². The van der Waals surface area contributed by atoms with Gasteiger partial charge in [0.25, 0.3) is 0 Å². The van der Waals surface area contributed by atoms with Gasteiger partial charge < -0.3 is 4.84 Å². The van der Waals surface area contributed by atoms with E-state index < -0.39 is 33.1 Å². The predicted octanol–water partition coefficient (Wildman–Crippen LogP) is 7.35. The lowest BCUT2D eigenvalue weighted by Crippen LogP contribution is -2.22. The van der Waals surface area contributed by atoms with Crippen LogP contribution in [0, 0.1) is 0 Å². The molecule has 0 bridgehead atoms. The van der Waals surface area contributed by atoms with Gasteiger partial charge in [0, 0.05) is 23.9 Å². The number of hydrogen-bond donors (Lipinski definition) is 0. The fraction of sp³-hybridized carbons (Fsp3) is 0.273. The minimum Gasteiger partial charge on any atom is -0.384 e. The Morgan fingerprint density at radius 2 is 1.74 bits per heavy atom. The van der Waals surface area contributed by atoms with Gasteiger partial charge >= 0.3 is 6.18 Å². The second kappa shape index (κ2) is 11.1. The molecule has 0 N–H and O–H groups in total. The van der Waals surface area contributed by atoms with Crippen LogP contribution in [0.3, 0.4) is 0 Å². The van der Waals surface area contributed by atoms with E-state index in [0.29, 0.717) is 29.7 Å². The molecule has 43 heavy (non-hydrogen) atoms. The van der Waals surface area contributed by atoms with E-state index in [1.54, 1.807) is 36.4 Å². The first-order valence-corrected chi connectivity index (χ1v) is 15.2. The zero-order chi connectivity index (χ0) is 31.2. The largest absolute Gasteiger partial charge is 0.416 e. The van der Waals surface area contributed by atoms with Crippen molar-refractivity contribution in [2.45, 2.75) is 56.6 Å². The summed E-state index contributed by atoms with van der Waals surface area (Å²) in [7, 11) is -4.23. The number of benzene rings is 3. The Kier molecular flexibility index (Phi) is 7.85. The maximum absolute atomic E-state index is 14.4. The molecule has 1 aromatic heterocycles. The predicted molar refractivity (Wildman–Crippen MR) is 161 cm³/mol. The highest BCUT2D eigenvalue weighted by atomic mass is 32.2. The SMILES string of the molecule is C=CC(c1cccc(C(C)(C)C)c1)S(=O)(=O)n1c(Cc2ccc(C3=NOC(C=O)C3)cc2)cc2cc(C(F)(F)F)ccc21. The van der Waals surface area contributed by atoms with Crippen molar-refractivity contribution in [3.05, 3.63) is 119 Å². The molecule has 1 aliphatic rings. The average molecular weight is 609 g/mol. The van der Waals surface area contributed by atoms with Crippen LogP contribution in [0.4, 0.5) is 13.2 Å². The highest BCUT2D eigenvalue weighted by Gasteiger charge is 2.34. The van der Waals surface area contributed by atoms with Crippen molar-refractivity contribution in [3.8, 4) is 0 Å². The van der Waals surface area contributed by atoms with Crippen LogP contribution < -0.4 is 0 Å². The van der Waals surface area contributed by atoms with Crippen LogP contribution in [-0.4, -0.2) is 30.5 Å². The summed E-state index contributed by atoms with van der Waals surface area (Å²) in [6.45, 7) is 9.90. The van der Waals surface area contributed by atoms with Crippen LogP contribution in [-0.2, 0) is 37.7 Å². The first kappa shape index (κ1) is 30.3. The fourth-order valence-electron chi connectivity index (χ4n) is 5.24. The molecular weight excluding hydrogens is 577 g/mol. The Bertz CT molecular complexity index is 1830. The molecule has 0 aliphatic carbocycles. The molecule has 2 atom stereocenters. The Hall–Kier alpha value is -4.18. The van der Waals surface area contributed by atoms with Gasteiger partial charge in [0.05, 0.1) is 16.8 Å². The summed E-state index contributed by atoms with van der Waals surface area (Å²) in [4.78, 5) is 16.1. The molecule has 0 amide bonds. The maximum atomic E-state index is 14.4. The van der Waals surface area contributed by atoms with Crippen LogP contribution in [0.1, 0.15) is 66.0 Å². The molecule has 3 aromatic carbocycles. The van der Waals surface area contributed by atoms with Gasteiger partial charge in [-0.3, -0.25) is 4.79 Å². The lowest BCUT2D eigenvalue weighted by molar-refractivity contribution is -0.137. The Balaban J connectivity index is 1.60. The van der Waals surface area contributed by atoms with E-state index >= 15 is 0 Å². The summed E-state index contributed by atoms with van der Waals surface area (Å²) in [5.41, 5.74) is 2.91. The second-order valence-corrected chi connectivity index (χ2v) is 13.5. The Morgan fingerprint density at radius 1 is 1.02 bits per heavy atom. The monoisotopic (exact) mass is 608 g/mol.